The van der Waals surface area contributed by atoms with E-state index in [4.69, 9.17) is 4.74 Å². The fourth-order valence-electron chi connectivity index (χ4n) is 4.64. The van der Waals surface area contributed by atoms with Crippen molar-refractivity contribution in [2.75, 3.05) is 20.2 Å². The molecule has 152 valence electrons. The van der Waals surface area contributed by atoms with E-state index in [1.807, 2.05) is 21.6 Å². The van der Waals surface area contributed by atoms with Crippen LogP contribution in [0.3, 0.4) is 0 Å². The van der Waals surface area contributed by atoms with E-state index in [0.717, 1.165) is 23.2 Å². The molecule has 30 heavy (non-hydrogen) atoms. The standard InChI is InChI=1S/C23H22N4O3/c1-30-19-4-6-25-20(10-19)23(29)26-12-15-7-18(14-26)21-8-17(9-22(28)27(21)13-15)16-3-2-5-24-11-16/h2-6,8-11,15,18H,7,12-14H2,1H3/t15-,18+/m0/s1. The van der Waals surface area contributed by atoms with Crippen LogP contribution in [0.4, 0.5) is 0 Å². The zero-order chi connectivity index (χ0) is 20.7. The molecule has 1 fully saturated rings. The maximum absolute atomic E-state index is 13.1. The number of fused-ring (bicyclic) bond motifs is 4. The van der Waals surface area contributed by atoms with Gasteiger partial charge in [0.15, 0.2) is 0 Å². The number of piperidine rings is 1. The van der Waals surface area contributed by atoms with Crippen LogP contribution in [0.25, 0.3) is 11.1 Å². The minimum atomic E-state index is -0.0946. The highest BCUT2D eigenvalue weighted by molar-refractivity contribution is 5.92. The minimum Gasteiger partial charge on any atom is -0.497 e. The number of likely N-dealkylation sites (tertiary alicyclic amines) is 1. The summed E-state index contributed by atoms with van der Waals surface area (Å²) in [6, 6.07) is 11.0. The fourth-order valence-corrected chi connectivity index (χ4v) is 4.64. The van der Waals surface area contributed by atoms with Crippen LogP contribution in [0.15, 0.2) is 59.8 Å². The lowest BCUT2D eigenvalue weighted by Crippen LogP contribution is -2.49. The Kier molecular flexibility index (Phi) is 4.58. The van der Waals surface area contributed by atoms with E-state index in [-0.39, 0.29) is 23.3 Å². The number of aromatic nitrogens is 3. The molecule has 0 N–H and O–H groups in total. The van der Waals surface area contributed by atoms with E-state index >= 15 is 0 Å². The van der Waals surface area contributed by atoms with E-state index in [0.29, 0.717) is 31.1 Å². The molecular weight excluding hydrogens is 380 g/mol. The van der Waals surface area contributed by atoms with E-state index in [1.165, 1.54) is 0 Å². The molecule has 1 saturated heterocycles. The first kappa shape index (κ1) is 18.5. The number of carbonyl (C=O) groups excluding carboxylic acids is 1. The third-order valence-corrected chi connectivity index (χ3v) is 6.02. The molecule has 2 atom stereocenters. The van der Waals surface area contributed by atoms with Crippen LogP contribution in [-0.4, -0.2) is 45.5 Å². The zero-order valence-electron chi connectivity index (χ0n) is 16.7. The van der Waals surface area contributed by atoms with Crippen molar-refractivity contribution in [3.63, 3.8) is 0 Å². The van der Waals surface area contributed by atoms with E-state index < -0.39 is 0 Å². The summed E-state index contributed by atoms with van der Waals surface area (Å²) in [7, 11) is 1.57. The Morgan fingerprint density at radius 2 is 2.00 bits per heavy atom. The molecule has 0 saturated carbocycles. The number of carbonyl (C=O) groups is 1. The van der Waals surface area contributed by atoms with Crippen LogP contribution in [0.2, 0.25) is 0 Å². The molecule has 1 amide bonds. The van der Waals surface area contributed by atoms with E-state index in [1.54, 1.807) is 43.9 Å². The number of methoxy groups -OCH3 is 1. The molecule has 0 spiro atoms. The summed E-state index contributed by atoms with van der Waals surface area (Å²) in [4.78, 5) is 36.2. The molecule has 3 aromatic heterocycles. The number of hydrogen-bond donors (Lipinski definition) is 0. The van der Waals surface area contributed by atoms with Crippen molar-refractivity contribution in [2.45, 2.75) is 18.9 Å². The molecule has 0 radical (unpaired) electrons. The van der Waals surface area contributed by atoms with Gasteiger partial charge in [0.05, 0.1) is 7.11 Å². The maximum Gasteiger partial charge on any atom is 0.272 e. The molecule has 5 heterocycles. The molecule has 0 aromatic carbocycles. The first-order valence-electron chi connectivity index (χ1n) is 10.1. The van der Waals surface area contributed by atoms with Crippen LogP contribution in [0.5, 0.6) is 5.75 Å². The summed E-state index contributed by atoms with van der Waals surface area (Å²) in [5.41, 5.74) is 3.18. The van der Waals surface area contributed by atoms with Gasteiger partial charge in [0, 0.05) is 67.5 Å². The van der Waals surface area contributed by atoms with Gasteiger partial charge >= 0.3 is 0 Å². The SMILES string of the molecule is COc1ccnc(C(=O)N2C[C@@H]3C[C@H](C2)c2cc(-c4cccnc4)cc(=O)n2C3)c1. The van der Waals surface area contributed by atoms with E-state index in [9.17, 15) is 9.59 Å². The lowest BCUT2D eigenvalue weighted by Gasteiger charge is -2.42. The predicted octanol–water partition coefficient (Wildman–Crippen LogP) is 2.57. The lowest BCUT2D eigenvalue weighted by molar-refractivity contribution is 0.0588. The van der Waals surface area contributed by atoms with Crippen LogP contribution < -0.4 is 10.3 Å². The fraction of sp³-hybridized carbons (Fsp3) is 0.304. The lowest BCUT2D eigenvalue weighted by atomic mass is 9.82. The molecule has 3 aromatic rings. The Morgan fingerprint density at radius 1 is 1.10 bits per heavy atom. The second-order valence-electron chi connectivity index (χ2n) is 7.95. The normalized spacial score (nSPS) is 19.8. The topological polar surface area (TPSA) is 77.3 Å². The summed E-state index contributed by atoms with van der Waals surface area (Å²) in [5, 5.41) is 0. The highest BCUT2D eigenvalue weighted by Gasteiger charge is 2.37. The molecule has 7 heteroatoms. The smallest absolute Gasteiger partial charge is 0.272 e. The Bertz CT molecular complexity index is 1160. The third kappa shape index (κ3) is 3.26. The number of hydrogen-bond acceptors (Lipinski definition) is 5. The highest BCUT2D eigenvalue weighted by Crippen LogP contribution is 2.37. The first-order valence-corrected chi connectivity index (χ1v) is 10.1. The molecule has 0 aliphatic carbocycles. The molecule has 2 aliphatic heterocycles. The van der Waals surface area contributed by atoms with Crippen LogP contribution in [0.1, 0.15) is 28.5 Å². The quantitative estimate of drug-likeness (QED) is 0.673. The number of nitrogens with zero attached hydrogens (tertiary/aromatic N) is 4. The van der Waals surface area contributed by atoms with Crippen LogP contribution in [0, 0.1) is 5.92 Å². The number of rotatable bonds is 3. The molecule has 2 aliphatic rings. The first-order chi connectivity index (χ1) is 14.6. The van der Waals surface area contributed by atoms with Crippen molar-refractivity contribution in [3.05, 3.63) is 76.7 Å². The third-order valence-electron chi connectivity index (χ3n) is 6.02. The predicted molar refractivity (Wildman–Crippen MR) is 111 cm³/mol. The number of amides is 1. The summed E-state index contributed by atoms with van der Waals surface area (Å²) in [6.45, 7) is 1.84. The number of pyridine rings is 3. The highest BCUT2D eigenvalue weighted by atomic mass is 16.5. The zero-order valence-corrected chi connectivity index (χ0v) is 16.7. The average molecular weight is 402 g/mol. The monoisotopic (exact) mass is 402 g/mol. The largest absolute Gasteiger partial charge is 0.497 e. The van der Waals surface area contributed by atoms with Gasteiger partial charge in [-0.25, -0.2) is 0 Å². The maximum atomic E-state index is 13.1. The molecule has 2 bridgehead atoms. The van der Waals surface area contributed by atoms with Crippen molar-refractivity contribution in [1.29, 1.82) is 0 Å². The van der Waals surface area contributed by atoms with Gasteiger partial charge in [-0.2, -0.15) is 0 Å². The average Bonchev–Trinajstić information content (AvgIpc) is 2.79. The summed E-state index contributed by atoms with van der Waals surface area (Å²) in [5.74, 6) is 0.899. The van der Waals surface area contributed by atoms with Crippen molar-refractivity contribution in [3.8, 4) is 16.9 Å². The second-order valence-corrected chi connectivity index (χ2v) is 7.95. The summed E-state index contributed by atoms with van der Waals surface area (Å²) >= 11 is 0. The minimum absolute atomic E-state index is 0.00953. The second kappa shape index (κ2) is 7.40. The van der Waals surface area contributed by atoms with Crippen molar-refractivity contribution < 1.29 is 9.53 Å². The van der Waals surface area contributed by atoms with Crippen molar-refractivity contribution in [2.24, 2.45) is 5.92 Å². The van der Waals surface area contributed by atoms with Gasteiger partial charge in [-0.1, -0.05) is 6.07 Å². The Balaban J connectivity index is 1.47. The van der Waals surface area contributed by atoms with E-state index in [2.05, 4.69) is 16.0 Å². The van der Waals surface area contributed by atoms with Gasteiger partial charge < -0.3 is 14.2 Å². The van der Waals surface area contributed by atoms with Gasteiger partial charge in [0.1, 0.15) is 11.4 Å². The van der Waals surface area contributed by atoms with Gasteiger partial charge in [-0.3, -0.25) is 19.6 Å². The Hall–Kier alpha value is -3.48. The molecule has 7 nitrogen and oxygen atoms in total. The molecule has 5 rings (SSSR count). The van der Waals surface area contributed by atoms with Gasteiger partial charge in [-0.15, -0.1) is 0 Å². The van der Waals surface area contributed by atoms with Gasteiger partial charge in [0.2, 0.25) is 0 Å². The summed E-state index contributed by atoms with van der Waals surface area (Å²) < 4.78 is 7.11. The van der Waals surface area contributed by atoms with Crippen molar-refractivity contribution in [1.82, 2.24) is 19.4 Å². The van der Waals surface area contributed by atoms with Crippen LogP contribution in [-0.2, 0) is 6.54 Å². The Labute approximate surface area is 174 Å². The van der Waals surface area contributed by atoms with Gasteiger partial charge in [0.25, 0.3) is 11.5 Å². The van der Waals surface area contributed by atoms with Gasteiger partial charge in [-0.05, 0) is 36.1 Å². The Morgan fingerprint density at radius 3 is 2.80 bits per heavy atom. The number of ether oxygens (including phenoxy) is 1. The summed E-state index contributed by atoms with van der Waals surface area (Å²) in [6.07, 6.45) is 6.05. The van der Waals surface area contributed by atoms with Crippen molar-refractivity contribution >= 4 is 5.91 Å². The van der Waals surface area contributed by atoms with Crippen LogP contribution >= 0.6 is 0 Å². The molecular formula is C23H22N4O3. The molecule has 0 unspecified atom stereocenters.